The van der Waals surface area contributed by atoms with Crippen LogP contribution in [0, 0.1) is 11.3 Å². The summed E-state index contributed by atoms with van der Waals surface area (Å²) in [5.41, 5.74) is -2.33. The molecule has 3 aromatic heterocycles. The molecular weight excluding hydrogens is 390 g/mol. The van der Waals surface area contributed by atoms with Gasteiger partial charge in [0.1, 0.15) is 17.3 Å². The molecule has 0 radical (unpaired) electrons. The first-order chi connectivity index (χ1) is 13.1. The maximum atomic E-state index is 13.5. The number of nitrogens with one attached hydrogen (secondary N) is 1. The van der Waals surface area contributed by atoms with Crippen LogP contribution in [0.2, 0.25) is 0 Å². The van der Waals surface area contributed by atoms with Crippen LogP contribution in [-0.4, -0.2) is 24.7 Å². The Hall–Kier alpha value is -3.62. The van der Waals surface area contributed by atoms with E-state index in [4.69, 9.17) is 0 Å². The Bertz CT molecular complexity index is 1260. The summed E-state index contributed by atoms with van der Waals surface area (Å²) in [5, 5.41) is 15.8. The number of rotatable bonds is 1. The fraction of sp³-hybridized carbons (Fsp3) is 0.125. The van der Waals surface area contributed by atoms with Gasteiger partial charge < -0.3 is 0 Å². The number of nitriles is 1. The predicted octanol–water partition coefficient (Wildman–Crippen LogP) is 4.21. The van der Waals surface area contributed by atoms with Gasteiger partial charge in [0, 0.05) is 5.39 Å². The number of H-pyrrole nitrogens is 1. The lowest BCUT2D eigenvalue weighted by Crippen LogP contribution is -2.15. The van der Waals surface area contributed by atoms with E-state index >= 15 is 0 Å². The van der Waals surface area contributed by atoms with Crippen LogP contribution in [0.15, 0.2) is 30.5 Å². The zero-order valence-electron chi connectivity index (χ0n) is 13.4. The van der Waals surface area contributed by atoms with E-state index in [1.165, 1.54) is 12.3 Å². The highest BCUT2D eigenvalue weighted by Crippen LogP contribution is 2.36. The van der Waals surface area contributed by atoms with Crippen LogP contribution < -0.4 is 0 Å². The number of benzene rings is 1. The van der Waals surface area contributed by atoms with Gasteiger partial charge >= 0.3 is 12.4 Å². The van der Waals surface area contributed by atoms with E-state index in [2.05, 4.69) is 20.2 Å². The Balaban J connectivity index is 2.11. The monoisotopic (exact) mass is 396 g/mol. The average Bonchev–Trinajstić information content (AvgIpc) is 3.23. The lowest BCUT2D eigenvalue weighted by molar-refractivity contribution is -0.145. The molecule has 28 heavy (non-hydrogen) atoms. The van der Waals surface area contributed by atoms with Crippen molar-refractivity contribution >= 4 is 22.1 Å². The second-order valence-electron chi connectivity index (χ2n) is 5.74. The van der Waals surface area contributed by atoms with Crippen molar-refractivity contribution in [1.82, 2.24) is 24.7 Å². The third-order valence-corrected chi connectivity index (χ3v) is 3.96. The molecule has 4 aromatic rings. The summed E-state index contributed by atoms with van der Waals surface area (Å²) in [4.78, 5) is 6.76. The molecule has 142 valence electrons. The second-order valence-corrected chi connectivity index (χ2v) is 5.74. The standard InChI is InChI=1S/C16H6F6N6/c17-15(18,19)11-2-1-10-13(26-11)28(14(25-10)16(20,21)22)9-3-7(5-23)12-8(4-9)6-24-27-12/h1-4,6H,(H,24,27). The van der Waals surface area contributed by atoms with E-state index in [9.17, 15) is 31.6 Å². The Morgan fingerprint density at radius 2 is 1.75 bits per heavy atom. The molecule has 0 saturated carbocycles. The zero-order valence-corrected chi connectivity index (χ0v) is 13.4. The third kappa shape index (κ3) is 2.72. The van der Waals surface area contributed by atoms with Crippen LogP contribution in [0.3, 0.4) is 0 Å². The fourth-order valence-corrected chi connectivity index (χ4v) is 2.81. The van der Waals surface area contributed by atoms with Gasteiger partial charge in [-0.05, 0) is 24.3 Å². The van der Waals surface area contributed by atoms with Gasteiger partial charge in [0.15, 0.2) is 5.65 Å². The topological polar surface area (TPSA) is 83.2 Å². The molecule has 0 aliphatic carbocycles. The van der Waals surface area contributed by atoms with E-state index in [0.29, 0.717) is 16.0 Å². The van der Waals surface area contributed by atoms with Crippen molar-refractivity contribution in [3.63, 3.8) is 0 Å². The predicted molar refractivity (Wildman–Crippen MR) is 83.2 cm³/mol. The highest BCUT2D eigenvalue weighted by atomic mass is 19.4. The van der Waals surface area contributed by atoms with Crippen molar-refractivity contribution in [3.05, 3.63) is 47.5 Å². The number of aromatic nitrogens is 5. The van der Waals surface area contributed by atoms with E-state index in [-0.39, 0.29) is 22.3 Å². The van der Waals surface area contributed by atoms with Crippen molar-refractivity contribution in [2.45, 2.75) is 12.4 Å². The minimum Gasteiger partial charge on any atom is -0.276 e. The van der Waals surface area contributed by atoms with Gasteiger partial charge in [-0.2, -0.15) is 36.7 Å². The SMILES string of the molecule is N#Cc1cc(-n2c(C(F)(F)F)nc3ccc(C(F)(F)F)nc32)cc2cn[nH]c12. The lowest BCUT2D eigenvalue weighted by Gasteiger charge is -2.12. The summed E-state index contributed by atoms with van der Waals surface area (Å²) in [6.45, 7) is 0. The van der Waals surface area contributed by atoms with Crippen molar-refractivity contribution in [2.24, 2.45) is 0 Å². The molecule has 0 amide bonds. The number of hydrogen-bond acceptors (Lipinski definition) is 4. The summed E-state index contributed by atoms with van der Waals surface area (Å²) in [6.07, 6.45) is -8.55. The molecule has 3 heterocycles. The number of nitrogens with zero attached hydrogens (tertiary/aromatic N) is 5. The molecule has 0 unspecified atom stereocenters. The molecule has 1 aromatic carbocycles. The number of pyridine rings is 1. The number of imidazole rings is 1. The molecule has 0 bridgehead atoms. The minimum atomic E-state index is -4.97. The fourth-order valence-electron chi connectivity index (χ4n) is 2.81. The van der Waals surface area contributed by atoms with Crippen molar-refractivity contribution in [2.75, 3.05) is 0 Å². The van der Waals surface area contributed by atoms with Crippen LogP contribution in [0.25, 0.3) is 27.8 Å². The normalized spacial score (nSPS) is 12.6. The maximum Gasteiger partial charge on any atom is 0.450 e. The van der Waals surface area contributed by atoms with Crippen molar-refractivity contribution < 1.29 is 26.3 Å². The first kappa shape index (κ1) is 17.8. The van der Waals surface area contributed by atoms with Crippen molar-refractivity contribution in [3.8, 4) is 11.8 Å². The van der Waals surface area contributed by atoms with Crippen LogP contribution in [0.1, 0.15) is 17.1 Å². The van der Waals surface area contributed by atoms with E-state index < -0.39 is 29.5 Å². The van der Waals surface area contributed by atoms with Crippen LogP contribution >= 0.6 is 0 Å². The molecule has 0 saturated heterocycles. The van der Waals surface area contributed by atoms with Gasteiger partial charge in [-0.25, -0.2) is 9.97 Å². The zero-order chi connectivity index (χ0) is 20.3. The first-order valence-corrected chi connectivity index (χ1v) is 7.51. The van der Waals surface area contributed by atoms with Gasteiger partial charge in [0.05, 0.1) is 23.0 Å². The highest BCUT2D eigenvalue weighted by molar-refractivity contribution is 5.87. The molecule has 0 atom stereocenters. The van der Waals surface area contributed by atoms with Crippen LogP contribution in [0.5, 0.6) is 0 Å². The number of hydrogen-bond donors (Lipinski definition) is 1. The molecule has 12 heteroatoms. The summed E-state index contributed by atoms with van der Waals surface area (Å²) in [5.74, 6) is -1.46. The molecular formula is C16H6F6N6. The van der Waals surface area contributed by atoms with Gasteiger partial charge in [-0.15, -0.1) is 0 Å². The van der Waals surface area contributed by atoms with Gasteiger partial charge in [-0.3, -0.25) is 9.67 Å². The van der Waals surface area contributed by atoms with E-state index in [1.54, 1.807) is 0 Å². The molecule has 0 aliphatic rings. The molecule has 0 fully saturated rings. The smallest absolute Gasteiger partial charge is 0.276 e. The highest BCUT2D eigenvalue weighted by Gasteiger charge is 2.40. The van der Waals surface area contributed by atoms with E-state index in [0.717, 1.165) is 12.1 Å². The Morgan fingerprint density at radius 1 is 1.00 bits per heavy atom. The summed E-state index contributed by atoms with van der Waals surface area (Å²) < 4.78 is 80.1. The first-order valence-electron chi connectivity index (χ1n) is 7.51. The average molecular weight is 396 g/mol. The lowest BCUT2D eigenvalue weighted by atomic mass is 10.1. The summed E-state index contributed by atoms with van der Waals surface area (Å²) >= 11 is 0. The van der Waals surface area contributed by atoms with Crippen LogP contribution in [0.4, 0.5) is 26.3 Å². The van der Waals surface area contributed by atoms with Crippen molar-refractivity contribution in [1.29, 1.82) is 5.26 Å². The largest absolute Gasteiger partial charge is 0.450 e. The quantitative estimate of drug-likeness (QED) is 0.489. The molecule has 0 spiro atoms. The van der Waals surface area contributed by atoms with Gasteiger partial charge in [0.2, 0.25) is 5.82 Å². The Kier molecular flexibility index (Phi) is 3.61. The molecule has 4 rings (SSSR count). The summed E-state index contributed by atoms with van der Waals surface area (Å²) in [6, 6.07) is 5.53. The Labute approximate surface area is 151 Å². The number of fused-ring (bicyclic) bond motifs is 2. The van der Waals surface area contributed by atoms with Gasteiger partial charge in [0.25, 0.3) is 0 Å². The van der Waals surface area contributed by atoms with Crippen LogP contribution in [-0.2, 0) is 12.4 Å². The number of halogens is 6. The minimum absolute atomic E-state index is 0.0352. The Morgan fingerprint density at radius 3 is 2.39 bits per heavy atom. The molecule has 0 aliphatic heterocycles. The second kappa shape index (κ2) is 5.69. The number of aromatic amines is 1. The maximum absolute atomic E-state index is 13.5. The molecule has 6 nitrogen and oxygen atoms in total. The van der Waals surface area contributed by atoms with E-state index in [1.807, 2.05) is 6.07 Å². The number of alkyl halides is 6. The third-order valence-electron chi connectivity index (χ3n) is 3.96. The summed E-state index contributed by atoms with van der Waals surface area (Å²) in [7, 11) is 0. The van der Waals surface area contributed by atoms with Gasteiger partial charge in [-0.1, -0.05) is 0 Å². The molecule has 1 N–H and O–H groups in total.